The molecule has 5 heterocycles. The average Bonchev–Trinajstić information content (AvgIpc) is 2.56. The first-order valence-corrected chi connectivity index (χ1v) is 7.32. The summed E-state index contributed by atoms with van der Waals surface area (Å²) in [4.78, 5) is 19.0. The van der Waals surface area contributed by atoms with E-state index in [1.165, 1.54) is 0 Å². The Bertz CT molecular complexity index is 738. The third-order valence-corrected chi connectivity index (χ3v) is 4.30. The monoisotopic (exact) mass is 340 g/mol. The lowest BCUT2D eigenvalue weighted by Gasteiger charge is -2.56. The molecule has 0 spiro atoms. The normalized spacial score (nSPS) is 23.2. The number of rotatable bonds is 2. The van der Waals surface area contributed by atoms with Gasteiger partial charge in [-0.2, -0.15) is 13.2 Å². The molecular formula is C14H12F4N6. The average molecular weight is 340 g/mol. The van der Waals surface area contributed by atoms with E-state index in [9.17, 15) is 17.6 Å². The smallest absolute Gasteiger partial charge is 0.352 e. The number of fused-ring (bicyclic) bond motifs is 2. The van der Waals surface area contributed by atoms with Crippen molar-refractivity contribution in [3.8, 4) is 0 Å². The molecule has 0 saturated carbocycles. The Kier molecular flexibility index (Phi) is 3.29. The van der Waals surface area contributed by atoms with Crippen LogP contribution >= 0.6 is 0 Å². The van der Waals surface area contributed by atoms with Crippen molar-refractivity contribution in [1.82, 2.24) is 19.9 Å². The van der Waals surface area contributed by atoms with Gasteiger partial charge in [-0.1, -0.05) is 0 Å². The van der Waals surface area contributed by atoms with Gasteiger partial charge in [0.2, 0.25) is 5.95 Å². The number of piperidine rings is 1. The van der Waals surface area contributed by atoms with Gasteiger partial charge in [0, 0.05) is 19.2 Å². The predicted molar refractivity (Wildman–Crippen MR) is 75.9 cm³/mol. The minimum absolute atomic E-state index is 0.0681. The van der Waals surface area contributed by atoms with E-state index in [0.29, 0.717) is 19.0 Å². The number of anilines is 2. The first-order valence-electron chi connectivity index (χ1n) is 7.32. The second-order valence-corrected chi connectivity index (χ2v) is 5.82. The van der Waals surface area contributed by atoms with E-state index in [4.69, 9.17) is 0 Å². The van der Waals surface area contributed by atoms with Crippen LogP contribution in [0.4, 0.5) is 29.3 Å². The van der Waals surface area contributed by atoms with E-state index in [2.05, 4.69) is 19.9 Å². The fourth-order valence-electron chi connectivity index (χ4n) is 3.24. The maximum Gasteiger partial charge on any atom is 0.433 e. The molecule has 6 nitrogen and oxygen atoms in total. The molecule has 5 rings (SSSR count). The van der Waals surface area contributed by atoms with Crippen LogP contribution in [0.1, 0.15) is 12.1 Å². The summed E-state index contributed by atoms with van der Waals surface area (Å²) in [5.41, 5.74) is -0.953. The van der Waals surface area contributed by atoms with Gasteiger partial charge in [-0.25, -0.2) is 24.3 Å². The lowest BCUT2D eigenvalue weighted by molar-refractivity contribution is -0.141. The molecule has 24 heavy (non-hydrogen) atoms. The number of piperazine rings is 1. The highest BCUT2D eigenvalue weighted by Gasteiger charge is 2.46. The van der Waals surface area contributed by atoms with E-state index >= 15 is 0 Å². The summed E-state index contributed by atoms with van der Waals surface area (Å²) in [6.07, 6.45) is -0.458. The van der Waals surface area contributed by atoms with Gasteiger partial charge < -0.3 is 9.80 Å². The third-order valence-electron chi connectivity index (χ3n) is 4.30. The first kappa shape index (κ1) is 15.0. The molecule has 0 aliphatic carbocycles. The largest absolute Gasteiger partial charge is 0.433 e. The molecule has 0 aromatic carbocycles. The molecule has 3 aliphatic heterocycles. The van der Waals surface area contributed by atoms with Crippen LogP contribution in [0.2, 0.25) is 0 Å². The molecule has 2 bridgehead atoms. The molecule has 3 saturated heterocycles. The first-order chi connectivity index (χ1) is 11.4. The molecule has 3 fully saturated rings. The Labute approximate surface area is 134 Å². The van der Waals surface area contributed by atoms with Gasteiger partial charge in [-0.3, -0.25) is 0 Å². The van der Waals surface area contributed by atoms with Gasteiger partial charge in [0.05, 0.1) is 24.5 Å². The Balaban J connectivity index is 1.52. The van der Waals surface area contributed by atoms with Crippen molar-refractivity contribution in [3.05, 3.63) is 36.3 Å². The molecule has 3 aliphatic rings. The second-order valence-electron chi connectivity index (χ2n) is 5.82. The maximum atomic E-state index is 12.9. The van der Waals surface area contributed by atoms with Crippen molar-refractivity contribution >= 4 is 11.8 Å². The number of alkyl halides is 3. The van der Waals surface area contributed by atoms with Crippen LogP contribution in [0, 0.1) is 5.82 Å². The molecule has 2 aromatic rings. The topological polar surface area (TPSA) is 58.0 Å². The zero-order chi connectivity index (χ0) is 16.9. The Morgan fingerprint density at radius 1 is 1.00 bits per heavy atom. The lowest BCUT2D eigenvalue weighted by atomic mass is 9.88. The van der Waals surface area contributed by atoms with Gasteiger partial charge in [0.15, 0.2) is 5.82 Å². The van der Waals surface area contributed by atoms with Crippen molar-refractivity contribution in [3.63, 3.8) is 0 Å². The summed E-state index contributed by atoms with van der Waals surface area (Å²) in [5.74, 6) is 0.189. The van der Waals surface area contributed by atoms with Crippen molar-refractivity contribution < 1.29 is 17.6 Å². The quantitative estimate of drug-likeness (QED) is 0.778. The second kappa shape index (κ2) is 5.25. The number of halogens is 4. The zero-order valence-electron chi connectivity index (χ0n) is 12.3. The summed E-state index contributed by atoms with van der Waals surface area (Å²) in [6.45, 7) is 1.01. The van der Waals surface area contributed by atoms with Crippen LogP contribution in [-0.4, -0.2) is 45.1 Å². The summed E-state index contributed by atoms with van der Waals surface area (Å²) in [6, 6.07) is 1.10. The van der Waals surface area contributed by atoms with Crippen LogP contribution in [-0.2, 0) is 6.18 Å². The number of hydrogen-bond acceptors (Lipinski definition) is 6. The summed E-state index contributed by atoms with van der Waals surface area (Å²) < 4.78 is 51.2. The fourth-order valence-corrected chi connectivity index (χ4v) is 3.24. The summed E-state index contributed by atoms with van der Waals surface area (Å²) >= 11 is 0. The molecule has 2 unspecified atom stereocenters. The molecule has 2 atom stereocenters. The summed E-state index contributed by atoms with van der Waals surface area (Å²) in [7, 11) is 0. The Morgan fingerprint density at radius 3 is 2.29 bits per heavy atom. The lowest BCUT2D eigenvalue weighted by Crippen LogP contribution is -2.69. The van der Waals surface area contributed by atoms with Crippen molar-refractivity contribution in [1.29, 1.82) is 0 Å². The van der Waals surface area contributed by atoms with Crippen LogP contribution < -0.4 is 9.80 Å². The SMILES string of the molecule is Fc1cnc(N2C3CC2CN(c2cc(C(F)(F)F)ncn2)C3)nc1. The van der Waals surface area contributed by atoms with Crippen LogP contribution in [0.25, 0.3) is 0 Å². The predicted octanol–water partition coefficient (Wildman–Crippen LogP) is 1.89. The number of hydrogen-bond donors (Lipinski definition) is 0. The van der Waals surface area contributed by atoms with E-state index in [-0.39, 0.29) is 17.9 Å². The molecule has 0 amide bonds. The van der Waals surface area contributed by atoms with Gasteiger partial charge in [0.1, 0.15) is 17.8 Å². The van der Waals surface area contributed by atoms with E-state index in [0.717, 1.165) is 31.2 Å². The molecule has 126 valence electrons. The van der Waals surface area contributed by atoms with Gasteiger partial charge in [0.25, 0.3) is 0 Å². The standard InChI is InChI=1S/C14H12F4N6/c15-8-3-19-13(20-4-8)24-9-1-10(24)6-23(5-9)12-2-11(14(16,17)18)21-7-22-12/h2-4,7,9-10H,1,5-6H2. The highest BCUT2D eigenvalue weighted by Crippen LogP contribution is 2.37. The zero-order valence-corrected chi connectivity index (χ0v) is 12.3. The highest BCUT2D eigenvalue weighted by molar-refractivity contribution is 5.49. The van der Waals surface area contributed by atoms with Crippen molar-refractivity contribution in [2.24, 2.45) is 0 Å². The third kappa shape index (κ3) is 2.51. The minimum Gasteiger partial charge on any atom is -0.352 e. The van der Waals surface area contributed by atoms with Crippen molar-refractivity contribution in [2.75, 3.05) is 22.9 Å². The Hall–Kier alpha value is -2.52. The van der Waals surface area contributed by atoms with Crippen LogP contribution in [0.5, 0.6) is 0 Å². The maximum absolute atomic E-state index is 12.9. The van der Waals surface area contributed by atoms with E-state index < -0.39 is 17.7 Å². The van der Waals surface area contributed by atoms with Gasteiger partial charge in [-0.05, 0) is 6.42 Å². The molecule has 10 heteroatoms. The number of aromatic nitrogens is 4. The van der Waals surface area contributed by atoms with E-state index in [1.807, 2.05) is 4.90 Å². The molecular weight excluding hydrogens is 328 g/mol. The summed E-state index contributed by atoms with van der Waals surface area (Å²) in [5, 5.41) is 0. The van der Waals surface area contributed by atoms with Crippen LogP contribution in [0.3, 0.4) is 0 Å². The highest BCUT2D eigenvalue weighted by atomic mass is 19.4. The van der Waals surface area contributed by atoms with Crippen LogP contribution in [0.15, 0.2) is 24.8 Å². The fraction of sp³-hybridized carbons (Fsp3) is 0.429. The molecule has 0 N–H and O–H groups in total. The van der Waals surface area contributed by atoms with E-state index in [1.54, 1.807) is 4.90 Å². The van der Waals surface area contributed by atoms with Crippen molar-refractivity contribution in [2.45, 2.75) is 24.7 Å². The number of nitrogens with zero attached hydrogens (tertiary/aromatic N) is 6. The minimum atomic E-state index is -4.50. The Morgan fingerprint density at radius 2 is 1.67 bits per heavy atom. The molecule has 0 radical (unpaired) electrons. The van der Waals surface area contributed by atoms with Gasteiger partial charge >= 0.3 is 6.18 Å². The van der Waals surface area contributed by atoms with Gasteiger partial charge in [-0.15, -0.1) is 0 Å². The molecule has 2 aromatic heterocycles.